The number of para-hydroxylation sites is 2. The maximum absolute atomic E-state index is 9.93. The van der Waals surface area contributed by atoms with Crippen LogP contribution in [0.3, 0.4) is 0 Å². The Morgan fingerprint density at radius 3 is 1.69 bits per heavy atom. The van der Waals surface area contributed by atoms with Crippen molar-refractivity contribution in [3.8, 4) is 62.9 Å². The minimum atomic E-state index is -2.80. The van der Waals surface area contributed by atoms with Crippen LogP contribution in [0.2, 0.25) is 0 Å². The van der Waals surface area contributed by atoms with E-state index in [1.807, 2.05) is 60.7 Å². The van der Waals surface area contributed by atoms with Crippen LogP contribution in [-0.4, -0.2) is 23.0 Å². The third-order valence-corrected chi connectivity index (χ3v) is 14.5. The molecule has 0 saturated heterocycles. The Hall–Kier alpha value is -6.94. The highest BCUT2D eigenvalue weighted by molar-refractivity contribution is 7.20. The molecule has 1 aromatic heterocycles. The van der Waals surface area contributed by atoms with Crippen LogP contribution in [0.15, 0.2) is 182 Å². The van der Waals surface area contributed by atoms with E-state index in [0.717, 1.165) is 33.8 Å². The fraction of sp³-hybridized carbons (Fsp3) is 0. The number of ether oxygens (including phenoxy) is 1. The molecule has 7 aromatic carbocycles. The Morgan fingerprint density at radius 2 is 0.962 bits per heavy atom. The van der Waals surface area contributed by atoms with E-state index < -0.39 is 8.07 Å². The van der Waals surface area contributed by atoms with Crippen molar-refractivity contribution in [1.82, 2.24) is 15.0 Å². The van der Waals surface area contributed by atoms with Gasteiger partial charge in [0.15, 0.2) is 25.5 Å². The lowest BCUT2D eigenvalue weighted by Crippen LogP contribution is -2.76. The third kappa shape index (κ3) is 5.20. The molecule has 0 radical (unpaired) electrons. The summed E-state index contributed by atoms with van der Waals surface area (Å²) in [6.45, 7) is 0. The molecule has 6 heteroatoms. The maximum atomic E-state index is 9.93. The molecular weight excluding hydrogens is 653 g/mol. The lowest BCUT2D eigenvalue weighted by Gasteiger charge is -2.40. The van der Waals surface area contributed by atoms with Crippen LogP contribution < -0.4 is 25.5 Å². The van der Waals surface area contributed by atoms with Gasteiger partial charge in [-0.2, -0.15) is 5.26 Å². The van der Waals surface area contributed by atoms with Crippen molar-refractivity contribution >= 4 is 28.8 Å². The van der Waals surface area contributed by atoms with E-state index in [4.69, 9.17) is 19.7 Å². The fourth-order valence-electron chi connectivity index (χ4n) is 7.40. The predicted molar refractivity (Wildman–Crippen MR) is 210 cm³/mol. The Bertz CT molecular complexity index is 2580. The molecule has 2 heterocycles. The van der Waals surface area contributed by atoms with Gasteiger partial charge >= 0.3 is 0 Å². The quantitative estimate of drug-likeness (QED) is 0.167. The normalized spacial score (nSPS) is 12.5. The van der Waals surface area contributed by atoms with Crippen molar-refractivity contribution in [1.29, 1.82) is 5.26 Å². The Kier molecular flexibility index (Phi) is 7.81. The lowest BCUT2D eigenvalue weighted by atomic mass is 10.0. The molecule has 0 atom stereocenters. The first kappa shape index (κ1) is 31.1. The summed E-state index contributed by atoms with van der Waals surface area (Å²) in [5, 5.41) is 15.0. The molecule has 0 saturated carbocycles. The van der Waals surface area contributed by atoms with Gasteiger partial charge in [-0.3, -0.25) is 0 Å². The largest absolute Gasteiger partial charge is 0.457 e. The van der Waals surface area contributed by atoms with E-state index in [2.05, 4.69) is 121 Å². The van der Waals surface area contributed by atoms with Crippen LogP contribution in [0, 0.1) is 11.3 Å². The van der Waals surface area contributed by atoms with Crippen molar-refractivity contribution in [2.75, 3.05) is 0 Å². The van der Waals surface area contributed by atoms with Crippen molar-refractivity contribution < 1.29 is 4.74 Å². The predicted octanol–water partition coefficient (Wildman–Crippen LogP) is 7.89. The topological polar surface area (TPSA) is 71.7 Å². The van der Waals surface area contributed by atoms with Crippen LogP contribution in [0.25, 0.3) is 45.3 Å². The molecular formula is C46H30N4OSi. The van der Waals surface area contributed by atoms with Crippen molar-refractivity contribution in [3.63, 3.8) is 0 Å². The van der Waals surface area contributed by atoms with Gasteiger partial charge in [0.05, 0.1) is 11.6 Å². The van der Waals surface area contributed by atoms with E-state index in [-0.39, 0.29) is 0 Å². The van der Waals surface area contributed by atoms with Crippen molar-refractivity contribution in [3.05, 3.63) is 188 Å². The van der Waals surface area contributed by atoms with Crippen LogP contribution in [0.1, 0.15) is 5.56 Å². The molecule has 244 valence electrons. The molecule has 1 aliphatic rings. The zero-order valence-corrected chi connectivity index (χ0v) is 29.0. The zero-order chi connectivity index (χ0) is 34.9. The SMILES string of the molecule is N#Cc1ccccc1-c1nc(-c2ccccc2)nc(-c2cccc(-c3cccc4c3Oc3ccccc3[Si]4(c3ccccc3)c3ccccc3)c2)n1. The number of hydrogen-bond donors (Lipinski definition) is 0. The first-order chi connectivity index (χ1) is 25.7. The smallest absolute Gasteiger partial charge is 0.188 e. The molecule has 0 amide bonds. The third-order valence-electron chi connectivity index (χ3n) is 9.72. The Labute approximate surface area is 303 Å². The zero-order valence-electron chi connectivity index (χ0n) is 28.0. The van der Waals surface area contributed by atoms with Gasteiger partial charge in [-0.1, -0.05) is 158 Å². The maximum Gasteiger partial charge on any atom is 0.188 e. The second-order valence-electron chi connectivity index (χ2n) is 12.7. The highest BCUT2D eigenvalue weighted by Crippen LogP contribution is 2.38. The second-order valence-corrected chi connectivity index (χ2v) is 16.4. The van der Waals surface area contributed by atoms with Gasteiger partial charge in [0.2, 0.25) is 0 Å². The number of nitrogens with zero attached hydrogens (tertiary/aromatic N) is 4. The average molecular weight is 683 g/mol. The standard InChI is InChI=1S/C46H30N4OSi/c47-31-35-18-10-11-25-39(35)46-49-44(32-16-4-1-5-17-32)48-45(50-46)34-20-14-19-33(30-34)38-26-15-29-42-43(38)51-40-27-12-13-28-41(40)52(42,36-21-6-2-7-22-36)37-23-8-3-9-24-37/h1-30H. The van der Waals surface area contributed by atoms with E-state index in [0.29, 0.717) is 28.6 Å². The van der Waals surface area contributed by atoms with Gasteiger partial charge in [0, 0.05) is 22.3 Å². The van der Waals surface area contributed by atoms with Gasteiger partial charge in [0.25, 0.3) is 0 Å². The summed E-state index contributed by atoms with van der Waals surface area (Å²) >= 11 is 0. The van der Waals surface area contributed by atoms with E-state index in [1.165, 1.54) is 20.7 Å². The number of benzene rings is 7. The summed E-state index contributed by atoms with van der Waals surface area (Å²) in [6, 6.07) is 64.7. The van der Waals surface area contributed by atoms with Gasteiger partial charge in [-0.15, -0.1) is 0 Å². The Balaban J connectivity index is 1.25. The lowest BCUT2D eigenvalue weighted by molar-refractivity contribution is 0.489. The summed E-state index contributed by atoms with van der Waals surface area (Å²) in [6.07, 6.45) is 0. The molecule has 0 spiro atoms. The van der Waals surface area contributed by atoms with E-state index in [1.54, 1.807) is 6.07 Å². The monoisotopic (exact) mass is 682 g/mol. The fourth-order valence-corrected chi connectivity index (χ4v) is 12.4. The molecule has 52 heavy (non-hydrogen) atoms. The first-order valence-electron chi connectivity index (χ1n) is 17.2. The summed E-state index contributed by atoms with van der Waals surface area (Å²) in [5.74, 6) is 3.25. The van der Waals surface area contributed by atoms with Crippen LogP contribution in [-0.2, 0) is 0 Å². The van der Waals surface area contributed by atoms with Crippen LogP contribution in [0.5, 0.6) is 11.5 Å². The number of nitriles is 1. The van der Waals surface area contributed by atoms with Crippen LogP contribution >= 0.6 is 0 Å². The first-order valence-corrected chi connectivity index (χ1v) is 19.2. The van der Waals surface area contributed by atoms with E-state index >= 15 is 0 Å². The van der Waals surface area contributed by atoms with E-state index in [9.17, 15) is 5.26 Å². The molecule has 1 aliphatic heterocycles. The summed E-state index contributed by atoms with van der Waals surface area (Å²) in [5.41, 5.74) is 4.84. The second kappa shape index (κ2) is 13.1. The molecule has 5 nitrogen and oxygen atoms in total. The number of fused-ring (bicyclic) bond motifs is 2. The van der Waals surface area contributed by atoms with Crippen molar-refractivity contribution in [2.45, 2.75) is 0 Å². The molecule has 0 fully saturated rings. The van der Waals surface area contributed by atoms with Gasteiger partial charge in [-0.25, -0.2) is 15.0 Å². The highest BCUT2D eigenvalue weighted by atomic mass is 28.3. The van der Waals surface area contributed by atoms with Gasteiger partial charge < -0.3 is 4.74 Å². The number of hydrogen-bond acceptors (Lipinski definition) is 5. The number of aromatic nitrogens is 3. The van der Waals surface area contributed by atoms with Crippen molar-refractivity contribution in [2.24, 2.45) is 0 Å². The molecule has 0 bridgehead atoms. The van der Waals surface area contributed by atoms with Gasteiger partial charge in [-0.05, 0) is 50.6 Å². The average Bonchev–Trinajstić information content (AvgIpc) is 3.23. The molecule has 0 unspecified atom stereocenters. The minimum Gasteiger partial charge on any atom is -0.457 e. The highest BCUT2D eigenvalue weighted by Gasteiger charge is 2.48. The summed E-state index contributed by atoms with van der Waals surface area (Å²) in [4.78, 5) is 14.8. The van der Waals surface area contributed by atoms with Gasteiger partial charge in [0.1, 0.15) is 11.5 Å². The Morgan fingerprint density at radius 1 is 0.442 bits per heavy atom. The molecule has 8 aromatic rings. The molecule has 0 N–H and O–H groups in total. The summed E-state index contributed by atoms with van der Waals surface area (Å²) < 4.78 is 6.95. The molecule has 9 rings (SSSR count). The number of rotatable bonds is 6. The summed E-state index contributed by atoms with van der Waals surface area (Å²) in [7, 11) is -2.80. The minimum absolute atomic E-state index is 0.449. The van der Waals surface area contributed by atoms with Crippen LogP contribution in [0.4, 0.5) is 0 Å². The molecule has 0 aliphatic carbocycles.